The highest BCUT2D eigenvalue weighted by molar-refractivity contribution is 9.10. The molecule has 0 aliphatic rings. The van der Waals surface area contributed by atoms with Gasteiger partial charge >= 0.3 is 0 Å². The van der Waals surface area contributed by atoms with Crippen molar-refractivity contribution in [3.8, 4) is 0 Å². The SMILES string of the molecule is Cc1cc(Br)c(C(F)F)cc1Cl. The minimum atomic E-state index is -2.49. The van der Waals surface area contributed by atoms with Crippen LogP contribution in [0.1, 0.15) is 17.6 Å². The monoisotopic (exact) mass is 254 g/mol. The third kappa shape index (κ3) is 1.96. The zero-order valence-corrected chi connectivity index (χ0v) is 8.59. The number of halogens is 4. The molecule has 0 radical (unpaired) electrons. The second-order valence-corrected chi connectivity index (χ2v) is 3.69. The topological polar surface area (TPSA) is 0 Å². The first kappa shape index (κ1) is 9.93. The fourth-order valence-corrected chi connectivity index (χ4v) is 1.63. The molecule has 0 spiro atoms. The van der Waals surface area contributed by atoms with Crippen LogP contribution in [0.15, 0.2) is 16.6 Å². The molecule has 1 aromatic carbocycles. The molecule has 1 rings (SSSR count). The van der Waals surface area contributed by atoms with E-state index in [0.717, 1.165) is 5.56 Å². The number of benzene rings is 1. The van der Waals surface area contributed by atoms with E-state index in [-0.39, 0.29) is 5.56 Å². The van der Waals surface area contributed by atoms with Gasteiger partial charge in [-0.25, -0.2) is 8.78 Å². The summed E-state index contributed by atoms with van der Waals surface area (Å²) in [4.78, 5) is 0. The average molecular weight is 255 g/mol. The highest BCUT2D eigenvalue weighted by Gasteiger charge is 2.12. The molecule has 0 aliphatic heterocycles. The van der Waals surface area contributed by atoms with Crippen LogP contribution in [0.2, 0.25) is 5.02 Å². The summed E-state index contributed by atoms with van der Waals surface area (Å²) in [7, 11) is 0. The van der Waals surface area contributed by atoms with E-state index in [1.54, 1.807) is 13.0 Å². The molecule has 0 bridgehead atoms. The van der Waals surface area contributed by atoms with Gasteiger partial charge in [-0.15, -0.1) is 0 Å². The van der Waals surface area contributed by atoms with E-state index in [4.69, 9.17) is 11.6 Å². The molecule has 1 aromatic rings. The van der Waals surface area contributed by atoms with E-state index in [9.17, 15) is 8.78 Å². The van der Waals surface area contributed by atoms with Crippen molar-refractivity contribution in [1.82, 2.24) is 0 Å². The quantitative estimate of drug-likeness (QED) is 0.700. The lowest BCUT2D eigenvalue weighted by Gasteiger charge is -2.05. The van der Waals surface area contributed by atoms with Crippen molar-refractivity contribution in [2.24, 2.45) is 0 Å². The Labute approximate surface area is 82.7 Å². The Morgan fingerprint density at radius 3 is 2.50 bits per heavy atom. The Hall–Kier alpha value is -0.150. The second kappa shape index (κ2) is 3.71. The second-order valence-electron chi connectivity index (χ2n) is 2.42. The molecule has 0 atom stereocenters. The summed E-state index contributed by atoms with van der Waals surface area (Å²) in [6.45, 7) is 1.77. The van der Waals surface area contributed by atoms with Crippen molar-refractivity contribution in [3.63, 3.8) is 0 Å². The fourth-order valence-electron chi connectivity index (χ4n) is 0.829. The van der Waals surface area contributed by atoms with Gasteiger partial charge in [-0.1, -0.05) is 27.5 Å². The van der Waals surface area contributed by atoms with Crippen molar-refractivity contribution in [2.45, 2.75) is 13.3 Å². The lowest BCUT2D eigenvalue weighted by molar-refractivity contribution is 0.150. The average Bonchev–Trinajstić information content (AvgIpc) is 1.96. The predicted molar refractivity (Wildman–Crippen MR) is 48.8 cm³/mol. The lowest BCUT2D eigenvalue weighted by Crippen LogP contribution is -1.88. The first-order valence-corrected chi connectivity index (χ1v) is 4.43. The van der Waals surface area contributed by atoms with Crippen LogP contribution in [0.5, 0.6) is 0 Å². The van der Waals surface area contributed by atoms with Crippen molar-refractivity contribution < 1.29 is 8.78 Å². The summed E-state index contributed by atoms with van der Waals surface area (Å²) in [5.41, 5.74) is 0.721. The van der Waals surface area contributed by atoms with Crippen LogP contribution in [0.3, 0.4) is 0 Å². The minimum Gasteiger partial charge on any atom is -0.205 e. The van der Waals surface area contributed by atoms with Crippen molar-refractivity contribution in [1.29, 1.82) is 0 Å². The summed E-state index contributed by atoms with van der Waals surface area (Å²) in [6, 6.07) is 2.87. The van der Waals surface area contributed by atoms with E-state index < -0.39 is 6.43 Å². The Balaban J connectivity index is 3.23. The zero-order valence-electron chi connectivity index (χ0n) is 6.24. The van der Waals surface area contributed by atoms with E-state index in [0.29, 0.717) is 9.50 Å². The largest absolute Gasteiger partial charge is 0.264 e. The molecule has 0 unspecified atom stereocenters. The molecule has 0 aromatic heterocycles. The third-order valence-corrected chi connectivity index (χ3v) is 2.61. The standard InChI is InChI=1S/C8H6BrClF2/c1-4-2-6(9)5(8(11)12)3-7(4)10/h2-3,8H,1H3. The van der Waals surface area contributed by atoms with Gasteiger partial charge in [0, 0.05) is 15.1 Å². The molecule has 0 heterocycles. The molecular formula is C8H6BrClF2. The minimum absolute atomic E-state index is 0.0643. The number of rotatable bonds is 1. The van der Waals surface area contributed by atoms with Crippen molar-refractivity contribution in [3.05, 3.63) is 32.8 Å². The van der Waals surface area contributed by atoms with Gasteiger partial charge in [0.15, 0.2) is 0 Å². The third-order valence-electron chi connectivity index (χ3n) is 1.51. The molecule has 0 N–H and O–H groups in total. The predicted octanol–water partition coefficient (Wildman–Crippen LogP) is 4.35. The van der Waals surface area contributed by atoms with E-state index in [1.165, 1.54) is 6.07 Å². The van der Waals surface area contributed by atoms with Gasteiger partial charge < -0.3 is 0 Å². The fraction of sp³-hybridized carbons (Fsp3) is 0.250. The smallest absolute Gasteiger partial charge is 0.205 e. The van der Waals surface area contributed by atoms with Gasteiger partial charge in [0.1, 0.15) is 0 Å². The first-order valence-electron chi connectivity index (χ1n) is 3.26. The van der Waals surface area contributed by atoms with Crippen LogP contribution in [0.4, 0.5) is 8.78 Å². The zero-order chi connectivity index (χ0) is 9.30. The van der Waals surface area contributed by atoms with E-state index in [1.807, 2.05) is 0 Å². The molecule has 66 valence electrons. The molecule has 0 fully saturated rings. The maximum absolute atomic E-state index is 12.3. The molecule has 0 amide bonds. The first-order chi connectivity index (χ1) is 5.52. The Bertz CT molecular complexity index is 299. The summed E-state index contributed by atoms with van der Waals surface area (Å²) in [5.74, 6) is 0. The molecule has 12 heavy (non-hydrogen) atoms. The van der Waals surface area contributed by atoms with Gasteiger partial charge in [-0.05, 0) is 24.6 Å². The van der Waals surface area contributed by atoms with Crippen LogP contribution in [0.25, 0.3) is 0 Å². The van der Waals surface area contributed by atoms with Crippen LogP contribution in [-0.2, 0) is 0 Å². The number of aryl methyl sites for hydroxylation is 1. The number of alkyl halides is 2. The summed E-state index contributed by atoms with van der Waals surface area (Å²) in [5, 5.41) is 0.369. The normalized spacial score (nSPS) is 10.8. The number of hydrogen-bond donors (Lipinski definition) is 0. The van der Waals surface area contributed by atoms with E-state index in [2.05, 4.69) is 15.9 Å². The van der Waals surface area contributed by atoms with Crippen LogP contribution < -0.4 is 0 Å². The van der Waals surface area contributed by atoms with Gasteiger partial charge in [0.05, 0.1) is 0 Å². The molecule has 4 heteroatoms. The van der Waals surface area contributed by atoms with Crippen molar-refractivity contribution in [2.75, 3.05) is 0 Å². The molecular weight excluding hydrogens is 249 g/mol. The summed E-state index contributed by atoms with van der Waals surface area (Å²) >= 11 is 8.72. The Morgan fingerprint density at radius 2 is 2.00 bits per heavy atom. The van der Waals surface area contributed by atoms with Crippen LogP contribution >= 0.6 is 27.5 Å². The molecule has 0 aliphatic carbocycles. The van der Waals surface area contributed by atoms with Gasteiger partial charge in [0.2, 0.25) is 0 Å². The highest BCUT2D eigenvalue weighted by Crippen LogP contribution is 2.31. The van der Waals surface area contributed by atoms with Crippen molar-refractivity contribution >= 4 is 27.5 Å². The molecule has 0 nitrogen and oxygen atoms in total. The number of hydrogen-bond acceptors (Lipinski definition) is 0. The highest BCUT2D eigenvalue weighted by atomic mass is 79.9. The van der Waals surface area contributed by atoms with Crippen LogP contribution in [0, 0.1) is 6.92 Å². The maximum atomic E-state index is 12.3. The van der Waals surface area contributed by atoms with Gasteiger partial charge in [-0.2, -0.15) is 0 Å². The van der Waals surface area contributed by atoms with Gasteiger partial charge in [-0.3, -0.25) is 0 Å². The lowest BCUT2D eigenvalue weighted by atomic mass is 10.1. The summed E-state index contributed by atoms with van der Waals surface area (Å²) < 4.78 is 24.9. The van der Waals surface area contributed by atoms with Crippen LogP contribution in [-0.4, -0.2) is 0 Å². The van der Waals surface area contributed by atoms with E-state index >= 15 is 0 Å². The maximum Gasteiger partial charge on any atom is 0.264 e. The Kier molecular flexibility index (Phi) is 3.07. The molecule has 0 saturated heterocycles. The Morgan fingerprint density at radius 1 is 1.42 bits per heavy atom. The molecule has 0 saturated carbocycles. The summed E-state index contributed by atoms with van der Waals surface area (Å²) in [6.07, 6.45) is -2.49. The van der Waals surface area contributed by atoms with Gasteiger partial charge in [0.25, 0.3) is 6.43 Å².